The van der Waals surface area contributed by atoms with Gasteiger partial charge in [-0.2, -0.15) is 0 Å². The van der Waals surface area contributed by atoms with Crippen molar-refractivity contribution in [3.05, 3.63) is 47.3 Å². The van der Waals surface area contributed by atoms with Crippen molar-refractivity contribution in [2.45, 2.75) is 25.5 Å². The summed E-state index contributed by atoms with van der Waals surface area (Å²) in [6, 6.07) is 11.4. The highest BCUT2D eigenvalue weighted by Gasteiger charge is 2.23. The number of amides is 2. The highest BCUT2D eigenvalue weighted by molar-refractivity contribution is 7.14. The lowest BCUT2D eigenvalue weighted by Crippen LogP contribution is -2.27. The van der Waals surface area contributed by atoms with Gasteiger partial charge in [-0.1, -0.05) is 12.1 Å². The Morgan fingerprint density at radius 3 is 2.70 bits per heavy atom. The van der Waals surface area contributed by atoms with Crippen molar-refractivity contribution in [2.75, 3.05) is 5.32 Å². The monoisotopic (exact) mass is 288 g/mol. The van der Waals surface area contributed by atoms with E-state index in [4.69, 9.17) is 4.74 Å². The van der Waals surface area contributed by atoms with E-state index in [9.17, 15) is 4.79 Å². The van der Waals surface area contributed by atoms with Crippen LogP contribution in [0.1, 0.15) is 18.4 Å². The maximum Gasteiger partial charge on any atom is 0.320 e. The smallest absolute Gasteiger partial charge is 0.320 e. The van der Waals surface area contributed by atoms with Gasteiger partial charge in [0.15, 0.2) is 0 Å². The number of hydrogen-bond acceptors (Lipinski definition) is 3. The minimum absolute atomic E-state index is 0.189. The Morgan fingerprint density at radius 1 is 1.25 bits per heavy atom. The summed E-state index contributed by atoms with van der Waals surface area (Å²) in [6.07, 6.45) is 2.73. The molecule has 1 aliphatic rings. The van der Waals surface area contributed by atoms with Crippen molar-refractivity contribution in [1.82, 2.24) is 5.32 Å². The molecule has 1 aromatic carbocycles. The fraction of sp³-hybridized carbons (Fsp3) is 0.267. The summed E-state index contributed by atoms with van der Waals surface area (Å²) in [5.41, 5.74) is 1.05. The summed E-state index contributed by atoms with van der Waals surface area (Å²) in [5, 5.41) is 8.38. The number of carbonyl (C=O) groups is 1. The second kappa shape index (κ2) is 5.96. The zero-order chi connectivity index (χ0) is 13.8. The Kier molecular flexibility index (Phi) is 3.87. The molecule has 5 heteroatoms. The van der Waals surface area contributed by atoms with E-state index in [0.29, 0.717) is 12.6 Å². The van der Waals surface area contributed by atoms with Crippen LogP contribution in [0, 0.1) is 0 Å². The predicted octanol–water partition coefficient (Wildman–Crippen LogP) is 3.61. The van der Waals surface area contributed by atoms with Gasteiger partial charge in [-0.05, 0) is 48.1 Å². The van der Waals surface area contributed by atoms with Crippen LogP contribution in [0.3, 0.4) is 0 Å². The van der Waals surface area contributed by atoms with Crippen molar-refractivity contribution in [1.29, 1.82) is 0 Å². The third-order valence-corrected chi connectivity index (χ3v) is 3.75. The molecule has 104 valence electrons. The van der Waals surface area contributed by atoms with Gasteiger partial charge in [-0.25, -0.2) is 4.79 Å². The van der Waals surface area contributed by atoms with E-state index in [2.05, 4.69) is 10.6 Å². The van der Waals surface area contributed by atoms with Crippen LogP contribution < -0.4 is 15.4 Å². The molecular formula is C15H16N2O2S. The summed E-state index contributed by atoms with van der Waals surface area (Å²) in [4.78, 5) is 11.7. The predicted molar refractivity (Wildman–Crippen MR) is 80.3 cm³/mol. The van der Waals surface area contributed by atoms with Crippen molar-refractivity contribution in [3.63, 3.8) is 0 Å². The molecule has 1 fully saturated rings. The Morgan fingerprint density at radius 2 is 2.05 bits per heavy atom. The van der Waals surface area contributed by atoms with Crippen LogP contribution in [-0.2, 0) is 6.54 Å². The number of nitrogens with one attached hydrogen (secondary N) is 2. The van der Waals surface area contributed by atoms with Crippen LogP contribution in [0.4, 0.5) is 9.80 Å². The highest BCUT2D eigenvalue weighted by Crippen LogP contribution is 2.26. The van der Waals surface area contributed by atoms with Crippen LogP contribution >= 0.6 is 11.3 Å². The fourth-order valence-corrected chi connectivity index (χ4v) is 2.36. The molecule has 1 aromatic heterocycles. The first-order chi connectivity index (χ1) is 9.79. The third kappa shape index (κ3) is 3.74. The molecule has 0 spiro atoms. The average molecular weight is 288 g/mol. The topological polar surface area (TPSA) is 50.4 Å². The summed E-state index contributed by atoms with van der Waals surface area (Å²) < 4.78 is 5.68. The summed E-state index contributed by atoms with van der Waals surface area (Å²) in [5.74, 6) is 0.902. The number of anilines is 1. The molecule has 0 radical (unpaired) electrons. The molecule has 1 heterocycles. The van der Waals surface area contributed by atoms with Crippen LogP contribution in [0.25, 0.3) is 0 Å². The quantitative estimate of drug-likeness (QED) is 0.883. The molecule has 0 saturated heterocycles. The number of carbonyl (C=O) groups excluding carboxylic acids is 1. The molecule has 4 nitrogen and oxygen atoms in total. The number of hydrogen-bond donors (Lipinski definition) is 2. The van der Waals surface area contributed by atoms with Gasteiger partial charge < -0.3 is 10.1 Å². The van der Waals surface area contributed by atoms with Gasteiger partial charge >= 0.3 is 6.03 Å². The fourth-order valence-electron chi connectivity index (χ4n) is 1.75. The maximum atomic E-state index is 11.7. The van der Waals surface area contributed by atoms with Crippen molar-refractivity contribution in [3.8, 4) is 5.75 Å². The molecule has 3 rings (SSSR count). The minimum Gasteiger partial charge on any atom is -0.490 e. The molecule has 1 aliphatic carbocycles. The van der Waals surface area contributed by atoms with Gasteiger partial charge in [0.25, 0.3) is 0 Å². The van der Waals surface area contributed by atoms with Gasteiger partial charge in [0, 0.05) is 6.54 Å². The van der Waals surface area contributed by atoms with E-state index in [-0.39, 0.29) is 6.03 Å². The highest BCUT2D eigenvalue weighted by atomic mass is 32.1. The molecule has 2 aromatic rings. The summed E-state index contributed by atoms with van der Waals surface area (Å²) >= 11 is 1.50. The van der Waals surface area contributed by atoms with E-state index in [0.717, 1.165) is 29.2 Å². The summed E-state index contributed by atoms with van der Waals surface area (Å²) in [6.45, 7) is 0.501. The van der Waals surface area contributed by atoms with Crippen molar-refractivity contribution < 1.29 is 9.53 Å². The number of benzene rings is 1. The first-order valence-electron chi connectivity index (χ1n) is 6.63. The number of urea groups is 1. The molecule has 20 heavy (non-hydrogen) atoms. The third-order valence-electron chi connectivity index (χ3n) is 2.96. The molecule has 0 unspecified atom stereocenters. The first kappa shape index (κ1) is 13.0. The van der Waals surface area contributed by atoms with E-state index < -0.39 is 0 Å². The van der Waals surface area contributed by atoms with Crippen LogP contribution in [0.2, 0.25) is 0 Å². The van der Waals surface area contributed by atoms with Gasteiger partial charge in [0.05, 0.1) is 11.1 Å². The molecule has 0 atom stereocenters. The van der Waals surface area contributed by atoms with E-state index in [1.807, 2.05) is 41.8 Å². The van der Waals surface area contributed by atoms with Gasteiger partial charge in [-0.3, -0.25) is 5.32 Å². The maximum absolute atomic E-state index is 11.7. The molecule has 1 saturated carbocycles. The first-order valence-corrected chi connectivity index (χ1v) is 7.51. The lowest BCUT2D eigenvalue weighted by Gasteiger charge is -2.08. The molecular weight excluding hydrogens is 272 g/mol. The van der Waals surface area contributed by atoms with Crippen molar-refractivity contribution >= 4 is 22.4 Å². The van der Waals surface area contributed by atoms with Crippen LogP contribution in [-0.4, -0.2) is 12.1 Å². The Hall–Kier alpha value is -2.01. The SMILES string of the molecule is O=C(NCc1ccc(OC2CC2)cc1)Nc1cccs1. The zero-order valence-corrected chi connectivity index (χ0v) is 11.8. The molecule has 0 aliphatic heterocycles. The van der Waals surface area contributed by atoms with Crippen LogP contribution in [0.5, 0.6) is 5.75 Å². The minimum atomic E-state index is -0.189. The Labute approximate surface area is 121 Å². The van der Waals surface area contributed by atoms with E-state index in [1.165, 1.54) is 11.3 Å². The Balaban J connectivity index is 1.46. The van der Waals surface area contributed by atoms with E-state index >= 15 is 0 Å². The lowest BCUT2D eigenvalue weighted by molar-refractivity contribution is 0.252. The zero-order valence-electron chi connectivity index (χ0n) is 11.0. The Bertz CT molecular complexity index is 562. The number of thiophene rings is 1. The lowest BCUT2D eigenvalue weighted by atomic mass is 10.2. The summed E-state index contributed by atoms with van der Waals surface area (Å²) in [7, 11) is 0. The standard InChI is InChI=1S/C15H16N2O2S/c18-15(17-14-2-1-9-20-14)16-10-11-3-5-12(6-4-11)19-13-7-8-13/h1-6,9,13H,7-8,10H2,(H2,16,17,18). The molecule has 2 N–H and O–H groups in total. The molecule has 2 amide bonds. The average Bonchev–Trinajstić information content (AvgIpc) is 3.12. The number of ether oxygens (including phenoxy) is 1. The van der Waals surface area contributed by atoms with E-state index in [1.54, 1.807) is 0 Å². The van der Waals surface area contributed by atoms with Crippen molar-refractivity contribution in [2.24, 2.45) is 0 Å². The number of rotatable bonds is 5. The molecule has 0 bridgehead atoms. The van der Waals surface area contributed by atoms with Gasteiger partial charge in [-0.15, -0.1) is 11.3 Å². The second-order valence-corrected chi connectivity index (χ2v) is 5.69. The van der Waals surface area contributed by atoms with Crippen LogP contribution in [0.15, 0.2) is 41.8 Å². The van der Waals surface area contributed by atoms with Gasteiger partial charge in [0.1, 0.15) is 5.75 Å². The second-order valence-electron chi connectivity index (χ2n) is 4.75. The van der Waals surface area contributed by atoms with Gasteiger partial charge in [0.2, 0.25) is 0 Å². The largest absolute Gasteiger partial charge is 0.490 e. The normalized spacial score (nSPS) is 13.8.